The predicted molar refractivity (Wildman–Crippen MR) is 43.4 cm³/mol. The van der Waals surface area contributed by atoms with Gasteiger partial charge in [-0.05, 0) is 11.8 Å². The van der Waals surface area contributed by atoms with E-state index in [1.54, 1.807) is 0 Å². The standard InChI is InChI=1S/C6H15N.ClH2N/c1-5(2)7-6(3)4;1-2/h5-7H,1-4H3;2H2. The number of hydrogen-bond donors (Lipinski definition) is 2. The van der Waals surface area contributed by atoms with Crippen molar-refractivity contribution in [3.8, 4) is 0 Å². The van der Waals surface area contributed by atoms with E-state index in [-0.39, 0.29) is 0 Å². The smallest absolute Gasteiger partial charge is 0.00127 e. The van der Waals surface area contributed by atoms with Crippen molar-refractivity contribution in [1.29, 1.82) is 0 Å². The Morgan fingerprint density at radius 2 is 1.22 bits per heavy atom. The molecule has 0 saturated carbocycles. The van der Waals surface area contributed by atoms with Gasteiger partial charge in [-0.1, -0.05) is 27.7 Å². The summed E-state index contributed by atoms with van der Waals surface area (Å²) >= 11 is 4.14. The third-order valence-electron chi connectivity index (χ3n) is 0.667. The quantitative estimate of drug-likeness (QED) is 0.589. The molecule has 3 heteroatoms. The molecule has 0 aliphatic carbocycles. The summed E-state index contributed by atoms with van der Waals surface area (Å²) in [5.41, 5.74) is 0. The molecule has 0 unspecified atom stereocenters. The van der Waals surface area contributed by atoms with Gasteiger partial charge in [0.1, 0.15) is 0 Å². The van der Waals surface area contributed by atoms with Crippen LogP contribution in [0.5, 0.6) is 0 Å². The van der Waals surface area contributed by atoms with Gasteiger partial charge >= 0.3 is 0 Å². The zero-order chi connectivity index (χ0) is 7.86. The second-order valence-electron chi connectivity index (χ2n) is 2.48. The Hall–Kier alpha value is 0.210. The molecule has 0 fully saturated rings. The Bertz CT molecular complexity index is 40.3. The molecule has 58 valence electrons. The molecule has 3 N–H and O–H groups in total. The van der Waals surface area contributed by atoms with E-state index >= 15 is 0 Å². The van der Waals surface area contributed by atoms with Crippen LogP contribution in [-0.2, 0) is 0 Å². The fourth-order valence-electron chi connectivity index (χ4n) is 0.667. The summed E-state index contributed by atoms with van der Waals surface area (Å²) in [6.07, 6.45) is 0. The Kier molecular flexibility index (Phi) is 10.9. The van der Waals surface area contributed by atoms with Crippen LogP contribution < -0.4 is 10.6 Å². The molecule has 0 bridgehead atoms. The molecule has 0 aromatic heterocycles. The Morgan fingerprint density at radius 1 is 1.00 bits per heavy atom. The molecule has 0 aromatic carbocycles. The molecule has 0 aromatic rings. The molecule has 0 saturated heterocycles. The predicted octanol–water partition coefficient (Wildman–Crippen LogP) is 1.49. The maximum absolute atomic E-state index is 4.14. The third kappa shape index (κ3) is 17.9. The summed E-state index contributed by atoms with van der Waals surface area (Å²) in [5, 5.41) is 7.28. The van der Waals surface area contributed by atoms with E-state index in [1.807, 2.05) is 0 Å². The molecule has 0 radical (unpaired) electrons. The highest BCUT2D eigenvalue weighted by Gasteiger charge is 1.92. The zero-order valence-electron chi connectivity index (χ0n) is 6.61. The molecular weight excluding hydrogens is 136 g/mol. The molecule has 0 aliphatic rings. The van der Waals surface area contributed by atoms with Gasteiger partial charge in [0.05, 0.1) is 0 Å². The molecular formula is C6H17ClN2. The average molecular weight is 153 g/mol. The molecule has 0 heterocycles. The largest absolute Gasteiger partial charge is 0.312 e. The molecule has 2 nitrogen and oxygen atoms in total. The lowest BCUT2D eigenvalue weighted by Crippen LogP contribution is -2.29. The topological polar surface area (TPSA) is 38.0 Å². The van der Waals surface area contributed by atoms with Crippen molar-refractivity contribution in [2.45, 2.75) is 39.8 Å². The van der Waals surface area contributed by atoms with Crippen LogP contribution in [0.3, 0.4) is 0 Å². The maximum Gasteiger partial charge on any atom is 0.00127 e. The Labute approximate surface area is 62.9 Å². The van der Waals surface area contributed by atoms with E-state index < -0.39 is 0 Å². The van der Waals surface area contributed by atoms with Gasteiger partial charge in [0.25, 0.3) is 0 Å². The van der Waals surface area contributed by atoms with Gasteiger partial charge in [-0.25, -0.2) is 5.25 Å². The van der Waals surface area contributed by atoms with Crippen molar-refractivity contribution in [2.75, 3.05) is 0 Å². The number of rotatable bonds is 2. The van der Waals surface area contributed by atoms with Crippen molar-refractivity contribution < 1.29 is 0 Å². The first-order chi connectivity index (χ1) is 4.13. The Morgan fingerprint density at radius 3 is 1.22 bits per heavy atom. The monoisotopic (exact) mass is 152 g/mol. The van der Waals surface area contributed by atoms with Gasteiger partial charge in [-0.2, -0.15) is 0 Å². The van der Waals surface area contributed by atoms with E-state index in [9.17, 15) is 0 Å². The van der Waals surface area contributed by atoms with Crippen molar-refractivity contribution in [3.05, 3.63) is 0 Å². The van der Waals surface area contributed by atoms with Gasteiger partial charge in [0.15, 0.2) is 0 Å². The van der Waals surface area contributed by atoms with Crippen LogP contribution in [0.4, 0.5) is 0 Å². The van der Waals surface area contributed by atoms with E-state index in [4.69, 9.17) is 0 Å². The van der Waals surface area contributed by atoms with E-state index in [0.29, 0.717) is 12.1 Å². The fraction of sp³-hybridized carbons (Fsp3) is 1.00. The normalized spacial score (nSPS) is 9.33. The lowest BCUT2D eigenvalue weighted by molar-refractivity contribution is 0.518. The van der Waals surface area contributed by atoms with Crippen LogP contribution in [0.25, 0.3) is 0 Å². The number of nitrogens with one attached hydrogen (secondary N) is 1. The highest BCUT2D eigenvalue weighted by atomic mass is 35.5. The molecule has 0 atom stereocenters. The minimum Gasteiger partial charge on any atom is -0.312 e. The third-order valence-corrected chi connectivity index (χ3v) is 0.667. The SMILES string of the molecule is CC(C)NC(C)C.NCl. The van der Waals surface area contributed by atoms with Gasteiger partial charge in [0, 0.05) is 12.1 Å². The minimum absolute atomic E-state index is 0.625. The second-order valence-corrected chi connectivity index (χ2v) is 2.48. The summed E-state index contributed by atoms with van der Waals surface area (Å²) in [6, 6.07) is 1.25. The molecule has 0 rings (SSSR count). The molecule has 9 heavy (non-hydrogen) atoms. The first-order valence-electron chi connectivity index (χ1n) is 3.10. The van der Waals surface area contributed by atoms with Crippen molar-refractivity contribution in [1.82, 2.24) is 5.32 Å². The van der Waals surface area contributed by atoms with Gasteiger partial charge in [0.2, 0.25) is 0 Å². The average Bonchev–Trinajstić information content (AvgIpc) is 1.68. The van der Waals surface area contributed by atoms with Crippen molar-refractivity contribution >= 4 is 11.8 Å². The van der Waals surface area contributed by atoms with Gasteiger partial charge in [-0.15, -0.1) is 0 Å². The van der Waals surface area contributed by atoms with Crippen LogP contribution in [0.15, 0.2) is 0 Å². The summed E-state index contributed by atoms with van der Waals surface area (Å²) in [5.74, 6) is 0. The van der Waals surface area contributed by atoms with Crippen LogP contribution in [-0.4, -0.2) is 12.1 Å². The van der Waals surface area contributed by atoms with E-state index in [0.717, 1.165) is 0 Å². The lowest BCUT2D eigenvalue weighted by Gasteiger charge is -2.10. The van der Waals surface area contributed by atoms with Gasteiger partial charge < -0.3 is 5.32 Å². The van der Waals surface area contributed by atoms with E-state index in [2.05, 4.69) is 50.0 Å². The number of nitrogens with two attached hydrogens (primary N) is 1. The maximum atomic E-state index is 4.14. The summed E-state index contributed by atoms with van der Waals surface area (Å²) in [7, 11) is 0. The summed E-state index contributed by atoms with van der Waals surface area (Å²) in [6.45, 7) is 8.61. The fourth-order valence-corrected chi connectivity index (χ4v) is 0.667. The Balaban J connectivity index is 0. The van der Waals surface area contributed by atoms with Gasteiger partial charge in [-0.3, -0.25) is 0 Å². The van der Waals surface area contributed by atoms with Crippen molar-refractivity contribution in [2.24, 2.45) is 5.25 Å². The summed E-state index contributed by atoms with van der Waals surface area (Å²) in [4.78, 5) is 0. The lowest BCUT2D eigenvalue weighted by atomic mass is 10.3. The first-order valence-corrected chi connectivity index (χ1v) is 3.54. The van der Waals surface area contributed by atoms with Crippen LogP contribution in [0.2, 0.25) is 0 Å². The number of halogens is 1. The molecule has 0 amide bonds. The highest BCUT2D eigenvalue weighted by molar-refractivity contribution is 6.11. The minimum atomic E-state index is 0.625. The molecule has 0 spiro atoms. The second kappa shape index (κ2) is 8.21. The summed E-state index contributed by atoms with van der Waals surface area (Å²) < 4.78 is 0. The first kappa shape index (κ1) is 11.9. The van der Waals surface area contributed by atoms with Crippen LogP contribution in [0, 0.1) is 0 Å². The van der Waals surface area contributed by atoms with E-state index in [1.165, 1.54) is 0 Å². The highest BCUT2D eigenvalue weighted by Crippen LogP contribution is 1.80. The number of hydrogen-bond acceptors (Lipinski definition) is 2. The van der Waals surface area contributed by atoms with Crippen LogP contribution in [0.1, 0.15) is 27.7 Å². The zero-order valence-corrected chi connectivity index (χ0v) is 7.37. The van der Waals surface area contributed by atoms with Crippen molar-refractivity contribution in [3.63, 3.8) is 0 Å². The molecule has 0 aliphatic heterocycles. The van der Waals surface area contributed by atoms with Crippen LogP contribution >= 0.6 is 11.8 Å².